The molecule has 1 heterocycles. The molecule has 8 heteroatoms. The van der Waals surface area contributed by atoms with E-state index in [-0.39, 0.29) is 23.0 Å². The normalized spacial score (nSPS) is 21.6. The largest absolute Gasteiger partial charge is 0.443 e. The number of hydrogen-bond donors (Lipinski definition) is 1. The Bertz CT molecular complexity index is 470. The van der Waals surface area contributed by atoms with E-state index in [1.165, 1.54) is 18.2 Å². The van der Waals surface area contributed by atoms with Gasteiger partial charge in [-0.25, -0.2) is 13.6 Å². The second-order valence-corrected chi connectivity index (χ2v) is 4.42. The fourth-order valence-corrected chi connectivity index (χ4v) is 2.07. The zero-order valence-corrected chi connectivity index (χ0v) is 11.1. The van der Waals surface area contributed by atoms with Crippen molar-refractivity contribution in [1.82, 2.24) is 5.32 Å². The Morgan fingerprint density at radius 2 is 2.06 bits per heavy atom. The number of nitrogens with one attached hydrogen (secondary N) is 1. The van der Waals surface area contributed by atoms with E-state index in [1.54, 1.807) is 0 Å². The Kier molecular flexibility index (Phi) is 4.64. The second kappa shape index (κ2) is 5.47. The van der Waals surface area contributed by atoms with Crippen molar-refractivity contribution in [3.05, 3.63) is 33.8 Å². The molecule has 1 aliphatic heterocycles. The van der Waals surface area contributed by atoms with Crippen LogP contribution in [0.2, 0.25) is 10.0 Å². The fourth-order valence-electron chi connectivity index (χ4n) is 1.55. The van der Waals surface area contributed by atoms with E-state index in [2.05, 4.69) is 4.74 Å². The van der Waals surface area contributed by atoms with Crippen LogP contribution in [0.4, 0.5) is 13.6 Å². The van der Waals surface area contributed by atoms with Crippen molar-refractivity contribution in [2.24, 2.45) is 0 Å². The SMILES string of the molecule is Cl.O=C1N[C@H](c2ccc(Cl)cc2Cl)C(F)(F)CO1. The lowest BCUT2D eigenvalue weighted by atomic mass is 10.00. The van der Waals surface area contributed by atoms with Crippen LogP contribution in [0.15, 0.2) is 18.2 Å². The Hall–Kier alpha value is -0.780. The molecule has 0 aromatic heterocycles. The zero-order valence-electron chi connectivity index (χ0n) is 8.75. The molecule has 0 aliphatic carbocycles. The summed E-state index contributed by atoms with van der Waals surface area (Å²) < 4.78 is 31.4. The molecule has 1 aliphatic rings. The number of ether oxygens (including phenoxy) is 1. The van der Waals surface area contributed by atoms with Crippen LogP contribution in [0.5, 0.6) is 0 Å². The monoisotopic (exact) mass is 317 g/mol. The first-order valence-corrected chi connectivity index (χ1v) is 5.42. The smallest absolute Gasteiger partial charge is 0.408 e. The maximum Gasteiger partial charge on any atom is 0.408 e. The molecule has 1 amide bonds. The molecular weight excluding hydrogens is 310 g/mol. The van der Waals surface area contributed by atoms with Gasteiger partial charge in [0.1, 0.15) is 6.04 Å². The molecule has 3 nitrogen and oxygen atoms in total. The number of benzene rings is 1. The molecule has 0 spiro atoms. The van der Waals surface area contributed by atoms with Gasteiger partial charge < -0.3 is 10.1 Å². The predicted molar refractivity (Wildman–Crippen MR) is 65.9 cm³/mol. The highest BCUT2D eigenvalue weighted by molar-refractivity contribution is 6.35. The van der Waals surface area contributed by atoms with Gasteiger partial charge in [-0.2, -0.15) is 0 Å². The molecule has 0 bridgehead atoms. The average molecular weight is 319 g/mol. The average Bonchev–Trinajstić information content (AvgIpc) is 2.23. The van der Waals surface area contributed by atoms with Crippen molar-refractivity contribution >= 4 is 41.7 Å². The molecule has 1 N–H and O–H groups in total. The quantitative estimate of drug-likeness (QED) is 0.854. The first-order valence-electron chi connectivity index (χ1n) is 4.66. The molecule has 0 unspecified atom stereocenters. The Labute approximate surface area is 118 Å². The van der Waals surface area contributed by atoms with Gasteiger partial charge in [-0.05, 0) is 17.7 Å². The van der Waals surface area contributed by atoms with E-state index in [9.17, 15) is 13.6 Å². The summed E-state index contributed by atoms with van der Waals surface area (Å²) in [7, 11) is 0. The number of hydrogen-bond acceptors (Lipinski definition) is 2. The minimum Gasteiger partial charge on any atom is -0.443 e. The third-order valence-corrected chi connectivity index (χ3v) is 2.92. The van der Waals surface area contributed by atoms with Crippen LogP contribution >= 0.6 is 35.6 Å². The maximum absolute atomic E-state index is 13.6. The third kappa shape index (κ3) is 2.96. The number of rotatable bonds is 1. The number of carbonyl (C=O) groups excluding carboxylic acids is 1. The van der Waals surface area contributed by atoms with E-state index < -0.39 is 24.7 Å². The molecule has 1 saturated heterocycles. The minimum absolute atomic E-state index is 0. The standard InChI is InChI=1S/C10H7Cl2F2NO2.ClH/c11-5-1-2-6(7(12)3-5)8-10(13,14)4-17-9(16)15-8;/h1-3,8H,4H2,(H,15,16);1H/t8-;/m1./s1. The van der Waals surface area contributed by atoms with Crippen molar-refractivity contribution in [3.63, 3.8) is 0 Å². The van der Waals surface area contributed by atoms with Crippen molar-refractivity contribution in [2.75, 3.05) is 6.61 Å². The Morgan fingerprint density at radius 1 is 1.39 bits per heavy atom. The van der Waals surface area contributed by atoms with Crippen molar-refractivity contribution in [3.8, 4) is 0 Å². The van der Waals surface area contributed by atoms with Gasteiger partial charge in [-0.1, -0.05) is 29.3 Å². The summed E-state index contributed by atoms with van der Waals surface area (Å²) in [6, 6.07) is 2.62. The van der Waals surface area contributed by atoms with Crippen molar-refractivity contribution in [1.29, 1.82) is 0 Å². The summed E-state index contributed by atoms with van der Waals surface area (Å²) in [5.74, 6) is -3.22. The van der Waals surface area contributed by atoms with E-state index in [0.29, 0.717) is 5.02 Å². The summed E-state index contributed by atoms with van der Waals surface area (Å²) in [6.07, 6.45) is -0.896. The van der Waals surface area contributed by atoms with Gasteiger partial charge in [0, 0.05) is 10.0 Å². The number of carbonyl (C=O) groups is 1. The number of halogens is 5. The highest BCUT2D eigenvalue weighted by Crippen LogP contribution is 2.38. The third-order valence-electron chi connectivity index (χ3n) is 2.35. The molecule has 1 atom stereocenters. The zero-order chi connectivity index (χ0) is 12.6. The number of alkyl carbamates (subject to hydrolysis) is 1. The molecule has 1 aromatic rings. The lowest BCUT2D eigenvalue weighted by Gasteiger charge is -2.32. The number of amides is 1. The van der Waals surface area contributed by atoms with Gasteiger partial charge in [0.25, 0.3) is 0 Å². The van der Waals surface area contributed by atoms with Crippen LogP contribution in [-0.4, -0.2) is 18.6 Å². The predicted octanol–water partition coefficient (Wildman–Crippen LogP) is 3.83. The van der Waals surface area contributed by atoms with Gasteiger partial charge in [0.15, 0.2) is 6.61 Å². The van der Waals surface area contributed by atoms with Crippen LogP contribution in [0.25, 0.3) is 0 Å². The summed E-state index contributed by atoms with van der Waals surface area (Å²) in [5.41, 5.74) is 0.109. The molecule has 1 fully saturated rings. The molecule has 0 radical (unpaired) electrons. The van der Waals surface area contributed by atoms with E-state index in [0.717, 1.165) is 0 Å². The molecular formula is C10H8Cl3F2NO2. The van der Waals surface area contributed by atoms with Gasteiger partial charge in [-0.15, -0.1) is 12.4 Å². The summed E-state index contributed by atoms with van der Waals surface area (Å²) in [6.45, 7) is -0.970. The van der Waals surface area contributed by atoms with Crippen LogP contribution in [0.1, 0.15) is 11.6 Å². The molecule has 18 heavy (non-hydrogen) atoms. The van der Waals surface area contributed by atoms with Crippen molar-refractivity contribution < 1.29 is 18.3 Å². The lowest BCUT2D eigenvalue weighted by molar-refractivity contribution is -0.104. The Morgan fingerprint density at radius 3 is 2.67 bits per heavy atom. The molecule has 2 rings (SSSR count). The summed E-state index contributed by atoms with van der Waals surface area (Å²) >= 11 is 11.5. The van der Waals surface area contributed by atoms with Gasteiger partial charge in [0.05, 0.1) is 0 Å². The van der Waals surface area contributed by atoms with E-state index >= 15 is 0 Å². The lowest BCUT2D eigenvalue weighted by Crippen LogP contribution is -2.49. The summed E-state index contributed by atoms with van der Waals surface area (Å²) in [4.78, 5) is 11.0. The fraction of sp³-hybridized carbons (Fsp3) is 0.300. The van der Waals surface area contributed by atoms with Gasteiger partial charge >= 0.3 is 12.0 Å². The van der Waals surface area contributed by atoms with Gasteiger partial charge in [-0.3, -0.25) is 0 Å². The van der Waals surface area contributed by atoms with Crippen LogP contribution in [0.3, 0.4) is 0 Å². The number of cyclic esters (lactones) is 1. The summed E-state index contributed by atoms with van der Waals surface area (Å²) in [5, 5.41) is 2.45. The first kappa shape index (κ1) is 15.3. The van der Waals surface area contributed by atoms with Crippen LogP contribution in [0, 0.1) is 0 Å². The topological polar surface area (TPSA) is 38.3 Å². The molecule has 0 saturated carbocycles. The number of alkyl halides is 2. The highest BCUT2D eigenvalue weighted by atomic mass is 35.5. The minimum atomic E-state index is -3.22. The van der Waals surface area contributed by atoms with Crippen LogP contribution < -0.4 is 5.32 Å². The second-order valence-electron chi connectivity index (χ2n) is 3.58. The Balaban J connectivity index is 0.00000162. The van der Waals surface area contributed by atoms with Crippen molar-refractivity contribution in [2.45, 2.75) is 12.0 Å². The highest BCUT2D eigenvalue weighted by Gasteiger charge is 2.47. The molecule has 1 aromatic carbocycles. The van der Waals surface area contributed by atoms with Crippen LogP contribution in [-0.2, 0) is 4.74 Å². The molecule has 100 valence electrons. The van der Waals surface area contributed by atoms with E-state index in [1.807, 2.05) is 5.32 Å². The van der Waals surface area contributed by atoms with E-state index in [4.69, 9.17) is 23.2 Å². The van der Waals surface area contributed by atoms with Gasteiger partial charge in [0.2, 0.25) is 0 Å². The maximum atomic E-state index is 13.6. The first-order chi connectivity index (χ1) is 7.90.